The molecule has 108 valence electrons. The van der Waals surface area contributed by atoms with Gasteiger partial charge >= 0.3 is 0 Å². The highest BCUT2D eigenvalue weighted by molar-refractivity contribution is 5.11. The van der Waals surface area contributed by atoms with Crippen molar-refractivity contribution >= 4 is 0 Å². The monoisotopic (exact) mass is 263 g/mol. The van der Waals surface area contributed by atoms with Crippen molar-refractivity contribution < 1.29 is 0 Å². The Hall–Kier alpha value is -0.590. The number of nitrogens with zero attached hydrogens (tertiary/aromatic N) is 2. The zero-order valence-electron chi connectivity index (χ0n) is 12.6. The molecule has 1 N–H and O–H groups in total. The van der Waals surface area contributed by atoms with Gasteiger partial charge in [0.15, 0.2) is 0 Å². The molecule has 3 heteroatoms. The highest BCUT2D eigenvalue weighted by atomic mass is 15.1. The summed E-state index contributed by atoms with van der Waals surface area (Å²) in [6.45, 7) is 8.61. The van der Waals surface area contributed by atoms with Crippen LogP contribution < -0.4 is 5.32 Å². The molecule has 0 heterocycles. The Bertz CT molecular complexity index is 314. The Balaban J connectivity index is 1.82. The molecule has 2 atom stereocenters. The largest absolute Gasteiger partial charge is 0.303 e. The molecule has 2 aliphatic carbocycles. The number of nitrogens with one attached hydrogen (secondary N) is 1. The third kappa shape index (κ3) is 3.94. The fraction of sp³-hybridized carbons (Fsp3) is 0.938. The molecule has 0 radical (unpaired) electrons. The second-order valence-corrected chi connectivity index (χ2v) is 6.34. The van der Waals surface area contributed by atoms with Crippen molar-refractivity contribution in [3.8, 4) is 6.07 Å². The summed E-state index contributed by atoms with van der Waals surface area (Å²) in [6, 6.07) is 2.61. The molecule has 3 nitrogen and oxygen atoms in total. The molecule has 0 aliphatic heterocycles. The summed E-state index contributed by atoms with van der Waals surface area (Å²) in [7, 11) is 0. The Labute approximate surface area is 118 Å². The molecule has 19 heavy (non-hydrogen) atoms. The highest BCUT2D eigenvalue weighted by Gasteiger charge is 2.41. The first-order valence-electron chi connectivity index (χ1n) is 8.11. The fourth-order valence-corrected chi connectivity index (χ4v) is 3.58. The number of rotatable bonds is 7. The van der Waals surface area contributed by atoms with Gasteiger partial charge < -0.3 is 4.90 Å². The summed E-state index contributed by atoms with van der Waals surface area (Å²) < 4.78 is 0. The molecular weight excluding hydrogens is 234 g/mol. The second-order valence-electron chi connectivity index (χ2n) is 6.34. The molecule has 2 aliphatic rings. The molecular formula is C16H29N3. The molecule has 0 spiro atoms. The third-order valence-corrected chi connectivity index (χ3v) is 5.08. The average molecular weight is 263 g/mol. The second kappa shape index (κ2) is 6.72. The Morgan fingerprint density at radius 1 is 1.21 bits per heavy atom. The molecule has 0 aromatic rings. The SMILES string of the molecule is CCN(CC)CCNC1(C#N)CCCC(C2CC2)C1. The van der Waals surface area contributed by atoms with Crippen LogP contribution in [0.4, 0.5) is 0 Å². The predicted molar refractivity (Wildman–Crippen MR) is 78.8 cm³/mol. The smallest absolute Gasteiger partial charge is 0.107 e. The lowest BCUT2D eigenvalue weighted by Gasteiger charge is -2.37. The van der Waals surface area contributed by atoms with Crippen molar-refractivity contribution in [3.63, 3.8) is 0 Å². The van der Waals surface area contributed by atoms with Gasteiger partial charge in [0.1, 0.15) is 5.54 Å². The van der Waals surface area contributed by atoms with E-state index in [0.29, 0.717) is 0 Å². The van der Waals surface area contributed by atoms with E-state index in [1.54, 1.807) is 0 Å². The van der Waals surface area contributed by atoms with Gasteiger partial charge in [-0.15, -0.1) is 0 Å². The van der Waals surface area contributed by atoms with Crippen LogP contribution in [0.1, 0.15) is 52.4 Å². The van der Waals surface area contributed by atoms with Crippen molar-refractivity contribution in [2.45, 2.75) is 57.9 Å². The molecule has 0 amide bonds. The van der Waals surface area contributed by atoms with E-state index in [9.17, 15) is 5.26 Å². The van der Waals surface area contributed by atoms with Crippen molar-refractivity contribution in [2.75, 3.05) is 26.2 Å². The number of hydrogen-bond acceptors (Lipinski definition) is 3. The van der Waals surface area contributed by atoms with Crippen LogP contribution in [0.3, 0.4) is 0 Å². The molecule has 2 saturated carbocycles. The summed E-state index contributed by atoms with van der Waals surface area (Å²) >= 11 is 0. The first kappa shape index (κ1) is 14.8. The molecule has 0 aromatic carbocycles. The Morgan fingerprint density at radius 2 is 1.95 bits per heavy atom. The summed E-state index contributed by atoms with van der Waals surface area (Å²) in [5, 5.41) is 13.2. The van der Waals surface area contributed by atoms with Crippen LogP contribution in [0, 0.1) is 23.2 Å². The third-order valence-electron chi connectivity index (χ3n) is 5.08. The summed E-state index contributed by atoms with van der Waals surface area (Å²) in [5.41, 5.74) is -0.224. The fourth-order valence-electron chi connectivity index (χ4n) is 3.58. The van der Waals surface area contributed by atoms with Crippen LogP contribution in [0.2, 0.25) is 0 Å². The van der Waals surface area contributed by atoms with E-state index < -0.39 is 0 Å². The van der Waals surface area contributed by atoms with E-state index in [2.05, 4.69) is 30.1 Å². The van der Waals surface area contributed by atoms with E-state index in [-0.39, 0.29) is 5.54 Å². The van der Waals surface area contributed by atoms with Gasteiger partial charge in [-0.3, -0.25) is 5.32 Å². The average Bonchev–Trinajstić information content (AvgIpc) is 3.28. The van der Waals surface area contributed by atoms with E-state index in [1.165, 1.54) is 25.7 Å². The van der Waals surface area contributed by atoms with Gasteiger partial charge in [0.2, 0.25) is 0 Å². The normalized spacial score (nSPS) is 31.4. The first-order chi connectivity index (χ1) is 9.23. The first-order valence-corrected chi connectivity index (χ1v) is 8.11. The van der Waals surface area contributed by atoms with Gasteiger partial charge in [-0.25, -0.2) is 0 Å². The molecule has 0 saturated heterocycles. The Kier molecular flexibility index (Phi) is 5.24. The molecule has 0 bridgehead atoms. The van der Waals surface area contributed by atoms with Crippen molar-refractivity contribution in [1.29, 1.82) is 5.26 Å². The predicted octanol–water partition coefficient (Wildman–Crippen LogP) is 2.78. The van der Waals surface area contributed by atoms with Crippen molar-refractivity contribution in [3.05, 3.63) is 0 Å². The van der Waals surface area contributed by atoms with Crippen LogP contribution in [-0.2, 0) is 0 Å². The maximum absolute atomic E-state index is 9.62. The van der Waals surface area contributed by atoms with Gasteiger partial charge in [0.25, 0.3) is 0 Å². The van der Waals surface area contributed by atoms with E-state index in [0.717, 1.165) is 50.9 Å². The molecule has 2 rings (SSSR count). The van der Waals surface area contributed by atoms with Crippen molar-refractivity contribution in [2.24, 2.45) is 11.8 Å². The Morgan fingerprint density at radius 3 is 2.53 bits per heavy atom. The van der Waals surface area contributed by atoms with Gasteiger partial charge in [-0.1, -0.05) is 20.3 Å². The summed E-state index contributed by atoms with van der Waals surface area (Å²) in [4.78, 5) is 2.42. The molecule has 2 unspecified atom stereocenters. The van der Waals surface area contributed by atoms with Crippen molar-refractivity contribution in [1.82, 2.24) is 10.2 Å². The van der Waals surface area contributed by atoms with E-state index in [4.69, 9.17) is 0 Å². The minimum Gasteiger partial charge on any atom is -0.303 e. The molecule has 0 aromatic heterocycles. The number of hydrogen-bond donors (Lipinski definition) is 1. The number of nitriles is 1. The van der Waals surface area contributed by atoms with Gasteiger partial charge in [-0.05, 0) is 57.0 Å². The maximum atomic E-state index is 9.62. The van der Waals surface area contributed by atoms with Gasteiger partial charge in [-0.2, -0.15) is 5.26 Å². The van der Waals surface area contributed by atoms with Gasteiger partial charge in [0.05, 0.1) is 6.07 Å². The lowest BCUT2D eigenvalue weighted by atomic mass is 9.74. The van der Waals surface area contributed by atoms with Crippen LogP contribution in [0.15, 0.2) is 0 Å². The molecule has 2 fully saturated rings. The van der Waals surface area contributed by atoms with Crippen LogP contribution in [-0.4, -0.2) is 36.6 Å². The quantitative estimate of drug-likeness (QED) is 0.767. The highest BCUT2D eigenvalue weighted by Crippen LogP contribution is 2.46. The van der Waals surface area contributed by atoms with E-state index >= 15 is 0 Å². The maximum Gasteiger partial charge on any atom is 0.107 e. The lowest BCUT2D eigenvalue weighted by molar-refractivity contribution is 0.201. The van der Waals surface area contributed by atoms with Crippen LogP contribution in [0.5, 0.6) is 0 Å². The minimum absolute atomic E-state index is 0.224. The summed E-state index contributed by atoms with van der Waals surface area (Å²) in [6.07, 6.45) is 7.54. The van der Waals surface area contributed by atoms with Crippen LogP contribution >= 0.6 is 0 Å². The van der Waals surface area contributed by atoms with E-state index in [1.807, 2.05) is 0 Å². The lowest BCUT2D eigenvalue weighted by Crippen LogP contribution is -2.50. The number of likely N-dealkylation sites (N-methyl/N-ethyl adjacent to an activating group) is 1. The van der Waals surface area contributed by atoms with Gasteiger partial charge in [0, 0.05) is 13.1 Å². The minimum atomic E-state index is -0.224. The van der Waals surface area contributed by atoms with Crippen LogP contribution in [0.25, 0.3) is 0 Å². The topological polar surface area (TPSA) is 39.1 Å². The standard InChI is InChI=1S/C16H29N3/c1-3-19(4-2)11-10-18-16(13-17)9-5-6-15(12-16)14-7-8-14/h14-15,18H,3-12H2,1-2H3. The zero-order chi connectivity index (χ0) is 13.7. The summed E-state index contributed by atoms with van der Waals surface area (Å²) in [5.74, 6) is 1.76. The zero-order valence-corrected chi connectivity index (χ0v) is 12.6.